The second-order valence-electron chi connectivity index (χ2n) is 5.99. The van der Waals surface area contributed by atoms with Crippen molar-refractivity contribution in [1.82, 2.24) is 9.47 Å². The predicted molar refractivity (Wildman–Crippen MR) is 92.9 cm³/mol. The molecule has 126 valence electrons. The molecule has 0 aliphatic rings. The summed E-state index contributed by atoms with van der Waals surface area (Å²) >= 11 is 1.55. The first-order valence-corrected chi connectivity index (χ1v) is 8.79. The van der Waals surface area contributed by atoms with Crippen molar-refractivity contribution in [3.63, 3.8) is 0 Å². The molecule has 0 unspecified atom stereocenters. The molecule has 0 fully saturated rings. The maximum atomic E-state index is 12.7. The average molecular weight is 336 g/mol. The molecular weight excluding hydrogens is 312 g/mol. The van der Waals surface area contributed by atoms with Gasteiger partial charge < -0.3 is 14.2 Å². The fourth-order valence-electron chi connectivity index (χ4n) is 2.91. The number of fused-ring (bicyclic) bond motifs is 1. The zero-order valence-corrected chi connectivity index (χ0v) is 15.1. The normalized spacial score (nSPS) is 11.4. The van der Waals surface area contributed by atoms with Gasteiger partial charge in [0.05, 0.1) is 16.8 Å². The van der Waals surface area contributed by atoms with E-state index < -0.39 is 0 Å². The van der Waals surface area contributed by atoms with Crippen molar-refractivity contribution in [2.24, 2.45) is 0 Å². The van der Waals surface area contributed by atoms with Crippen molar-refractivity contribution >= 4 is 33.4 Å². The van der Waals surface area contributed by atoms with Crippen molar-refractivity contribution < 1.29 is 14.3 Å². The van der Waals surface area contributed by atoms with Crippen LogP contribution in [0.2, 0.25) is 0 Å². The predicted octanol–water partition coefficient (Wildman–Crippen LogP) is 3.52. The van der Waals surface area contributed by atoms with E-state index in [4.69, 9.17) is 4.74 Å². The molecule has 0 saturated carbocycles. The van der Waals surface area contributed by atoms with Crippen LogP contribution in [0.15, 0.2) is 17.5 Å². The molecule has 0 aromatic carbocycles. The molecule has 0 aliphatic heterocycles. The molecule has 0 atom stereocenters. The first-order valence-electron chi connectivity index (χ1n) is 7.91. The topological polar surface area (TPSA) is 51.5 Å². The summed E-state index contributed by atoms with van der Waals surface area (Å²) in [6.45, 7) is 10.2. The largest absolute Gasteiger partial charge is 0.461 e. The van der Waals surface area contributed by atoms with Crippen molar-refractivity contribution in [2.45, 2.75) is 53.2 Å². The van der Waals surface area contributed by atoms with Crippen LogP contribution in [0.3, 0.4) is 0 Å². The molecule has 0 saturated heterocycles. The van der Waals surface area contributed by atoms with Crippen LogP contribution >= 0.6 is 11.3 Å². The standard InChI is InChI=1S/C17H24N2O3S/c1-6-22-17(21)14-9-15-13(7-8-23-15)18(14)10-16(20)19(11(2)3)12(4)5/h7-9,11-12H,6,10H2,1-5H3. The van der Waals surface area contributed by atoms with Gasteiger partial charge in [-0.15, -0.1) is 11.3 Å². The lowest BCUT2D eigenvalue weighted by atomic mass is 10.2. The van der Waals surface area contributed by atoms with Gasteiger partial charge in [-0.05, 0) is 52.1 Å². The third kappa shape index (κ3) is 3.58. The zero-order chi connectivity index (χ0) is 17.1. The van der Waals surface area contributed by atoms with Gasteiger partial charge in [-0.3, -0.25) is 4.79 Å². The van der Waals surface area contributed by atoms with Crippen molar-refractivity contribution in [3.8, 4) is 0 Å². The third-order valence-corrected chi connectivity index (χ3v) is 4.55. The molecule has 0 aliphatic carbocycles. The Morgan fingerprint density at radius 3 is 2.48 bits per heavy atom. The number of thiophene rings is 1. The number of hydrogen-bond acceptors (Lipinski definition) is 4. The minimum Gasteiger partial charge on any atom is -0.461 e. The first kappa shape index (κ1) is 17.5. The highest BCUT2D eigenvalue weighted by molar-refractivity contribution is 7.17. The average Bonchev–Trinajstić information content (AvgIpc) is 3.00. The van der Waals surface area contributed by atoms with Gasteiger partial charge in [0.2, 0.25) is 5.91 Å². The summed E-state index contributed by atoms with van der Waals surface area (Å²) in [6, 6.07) is 3.97. The molecule has 2 heterocycles. The molecule has 2 aromatic rings. The van der Waals surface area contributed by atoms with Gasteiger partial charge in [-0.1, -0.05) is 0 Å². The number of carbonyl (C=O) groups is 2. The SMILES string of the molecule is CCOC(=O)c1cc2sccc2n1CC(=O)N(C(C)C)C(C)C. The second kappa shape index (κ2) is 7.17. The molecule has 0 N–H and O–H groups in total. The maximum absolute atomic E-state index is 12.7. The molecule has 6 heteroatoms. The lowest BCUT2D eigenvalue weighted by Gasteiger charge is -2.31. The van der Waals surface area contributed by atoms with E-state index in [1.165, 1.54) is 0 Å². The summed E-state index contributed by atoms with van der Waals surface area (Å²) < 4.78 is 7.88. The van der Waals surface area contributed by atoms with Crippen LogP contribution in [0.4, 0.5) is 0 Å². The van der Waals surface area contributed by atoms with E-state index in [9.17, 15) is 9.59 Å². The Morgan fingerprint density at radius 1 is 1.26 bits per heavy atom. The van der Waals surface area contributed by atoms with Crippen LogP contribution in [0.5, 0.6) is 0 Å². The van der Waals surface area contributed by atoms with Crippen LogP contribution in [-0.4, -0.2) is 40.0 Å². The minimum atomic E-state index is -0.385. The summed E-state index contributed by atoms with van der Waals surface area (Å²) in [4.78, 5) is 26.8. The van der Waals surface area contributed by atoms with Gasteiger partial charge in [-0.25, -0.2) is 4.79 Å². The number of aromatic nitrogens is 1. The summed E-state index contributed by atoms with van der Waals surface area (Å²) in [5.41, 5.74) is 1.34. The molecule has 0 spiro atoms. The van der Waals surface area contributed by atoms with Crippen molar-refractivity contribution in [3.05, 3.63) is 23.2 Å². The molecule has 0 radical (unpaired) electrons. The molecule has 23 heavy (non-hydrogen) atoms. The molecule has 1 amide bonds. The lowest BCUT2D eigenvalue weighted by molar-refractivity contribution is -0.135. The molecular formula is C17H24N2O3S. The number of amides is 1. The maximum Gasteiger partial charge on any atom is 0.355 e. The van der Waals surface area contributed by atoms with Crippen molar-refractivity contribution in [2.75, 3.05) is 6.61 Å². The molecule has 2 aromatic heterocycles. The van der Waals surface area contributed by atoms with Gasteiger partial charge in [-0.2, -0.15) is 0 Å². The van der Waals surface area contributed by atoms with E-state index in [1.807, 2.05) is 44.0 Å². The van der Waals surface area contributed by atoms with Crippen LogP contribution in [-0.2, 0) is 16.1 Å². The number of carbonyl (C=O) groups excluding carboxylic acids is 2. The summed E-state index contributed by atoms with van der Waals surface area (Å²) in [7, 11) is 0. The van der Waals surface area contributed by atoms with E-state index in [0.717, 1.165) is 10.2 Å². The smallest absolute Gasteiger partial charge is 0.355 e. The fraction of sp³-hybridized carbons (Fsp3) is 0.529. The quantitative estimate of drug-likeness (QED) is 0.758. The molecule has 2 rings (SSSR count). The van der Waals surface area contributed by atoms with Gasteiger partial charge in [0.15, 0.2) is 0 Å². The van der Waals surface area contributed by atoms with Crippen LogP contribution in [0, 0.1) is 0 Å². The fourth-order valence-corrected chi connectivity index (χ4v) is 3.73. The minimum absolute atomic E-state index is 0.00393. The van der Waals surface area contributed by atoms with E-state index in [-0.39, 0.29) is 30.5 Å². The number of esters is 1. The highest BCUT2D eigenvalue weighted by Crippen LogP contribution is 2.26. The van der Waals surface area contributed by atoms with E-state index in [1.54, 1.807) is 28.9 Å². The van der Waals surface area contributed by atoms with Crippen LogP contribution < -0.4 is 0 Å². The van der Waals surface area contributed by atoms with E-state index in [2.05, 4.69) is 0 Å². The Kier molecular flexibility index (Phi) is 5.46. The van der Waals surface area contributed by atoms with Crippen LogP contribution in [0.25, 0.3) is 10.2 Å². The summed E-state index contributed by atoms with van der Waals surface area (Å²) in [6.07, 6.45) is 0. The molecule has 0 bridgehead atoms. The Labute approximate surface area is 140 Å². The second-order valence-corrected chi connectivity index (χ2v) is 6.94. The highest BCUT2D eigenvalue weighted by Gasteiger charge is 2.24. The van der Waals surface area contributed by atoms with Crippen LogP contribution in [0.1, 0.15) is 45.1 Å². The van der Waals surface area contributed by atoms with Gasteiger partial charge in [0.25, 0.3) is 0 Å². The first-order chi connectivity index (χ1) is 10.9. The Morgan fingerprint density at radius 2 is 1.91 bits per heavy atom. The summed E-state index contributed by atoms with van der Waals surface area (Å²) in [5, 5.41) is 1.96. The Balaban J connectivity index is 2.37. The monoisotopic (exact) mass is 336 g/mol. The number of rotatable bonds is 6. The van der Waals surface area contributed by atoms with E-state index in [0.29, 0.717) is 12.3 Å². The van der Waals surface area contributed by atoms with Gasteiger partial charge in [0, 0.05) is 12.1 Å². The summed E-state index contributed by atoms with van der Waals surface area (Å²) in [5.74, 6) is -0.381. The highest BCUT2D eigenvalue weighted by atomic mass is 32.1. The Hall–Kier alpha value is -1.82. The number of hydrogen-bond donors (Lipinski definition) is 0. The third-order valence-electron chi connectivity index (χ3n) is 3.70. The van der Waals surface area contributed by atoms with E-state index >= 15 is 0 Å². The van der Waals surface area contributed by atoms with Crippen molar-refractivity contribution in [1.29, 1.82) is 0 Å². The zero-order valence-electron chi connectivity index (χ0n) is 14.3. The van der Waals surface area contributed by atoms with Gasteiger partial charge >= 0.3 is 5.97 Å². The number of ether oxygens (including phenoxy) is 1. The molecule has 5 nitrogen and oxygen atoms in total. The lowest BCUT2D eigenvalue weighted by Crippen LogP contribution is -2.44. The number of nitrogens with zero attached hydrogens (tertiary/aromatic N) is 2. The Bertz CT molecular complexity index is 692. The van der Waals surface area contributed by atoms with Gasteiger partial charge in [0.1, 0.15) is 12.2 Å².